The van der Waals surface area contributed by atoms with Gasteiger partial charge in [-0.1, -0.05) is 57.4 Å². The smallest absolute Gasteiger partial charge is 0.0544 e. The lowest BCUT2D eigenvalue weighted by Crippen LogP contribution is -2.53. The molecule has 0 saturated heterocycles. The highest BCUT2D eigenvalue weighted by Gasteiger charge is 2.56. The van der Waals surface area contributed by atoms with Crippen LogP contribution in [0.15, 0.2) is 11.6 Å². The van der Waals surface area contributed by atoms with Crippen LogP contribution in [0.5, 0.6) is 0 Å². The third kappa shape index (κ3) is 2.15. The summed E-state index contributed by atoms with van der Waals surface area (Å²) in [5, 5.41) is 0. The Labute approximate surface area is 133 Å². The summed E-state index contributed by atoms with van der Waals surface area (Å²) >= 11 is 14.4. The second-order valence-corrected chi connectivity index (χ2v) is 9.92. The summed E-state index contributed by atoms with van der Waals surface area (Å²) in [4.78, 5) is 0.856. The third-order valence-corrected chi connectivity index (χ3v) is 9.19. The van der Waals surface area contributed by atoms with E-state index < -0.39 is 0 Å². The maximum absolute atomic E-state index is 6.62. The molecule has 0 N–H and O–H groups in total. The van der Waals surface area contributed by atoms with Crippen molar-refractivity contribution >= 4 is 43.5 Å². The fraction of sp³-hybridized carbons (Fsp3) is 0.867. The van der Waals surface area contributed by atoms with Crippen LogP contribution in [0.1, 0.15) is 53.4 Å². The molecule has 0 nitrogen and oxygen atoms in total. The Morgan fingerprint density at radius 3 is 2.33 bits per heavy atom. The van der Waals surface area contributed by atoms with E-state index in [1.165, 1.54) is 6.42 Å². The van der Waals surface area contributed by atoms with E-state index >= 15 is 0 Å². The van der Waals surface area contributed by atoms with Crippen LogP contribution in [0.25, 0.3) is 0 Å². The minimum Gasteiger partial charge on any atom is -0.118 e. The van der Waals surface area contributed by atoms with Crippen molar-refractivity contribution in [3.8, 4) is 0 Å². The van der Waals surface area contributed by atoms with Gasteiger partial charge in [-0.25, -0.2) is 0 Å². The molecule has 0 radical (unpaired) electrons. The van der Waals surface area contributed by atoms with Gasteiger partial charge in [0, 0.05) is 9.65 Å². The van der Waals surface area contributed by atoms with Crippen LogP contribution in [0.3, 0.4) is 0 Å². The summed E-state index contributed by atoms with van der Waals surface area (Å²) in [5.41, 5.74) is 2.15. The molecule has 0 aromatic heterocycles. The highest BCUT2D eigenvalue weighted by Crippen LogP contribution is 2.63. The molecule has 0 aromatic carbocycles. The van der Waals surface area contributed by atoms with E-state index in [9.17, 15) is 0 Å². The molecule has 0 heterocycles. The zero-order valence-corrected chi connectivity index (χ0v) is 15.6. The van der Waals surface area contributed by atoms with Crippen molar-refractivity contribution < 1.29 is 0 Å². The lowest BCUT2D eigenvalue weighted by Gasteiger charge is -2.58. The molecule has 3 heteroatoms. The Bertz CT molecular complexity index is 373. The average Bonchev–Trinajstić information content (AvgIpc) is 2.27. The standard InChI is InChI=1S/C15H23Br2Cl/c1-10-5-6-11(16)13(2,3)15(10)8-7-14(4,18)12(17)9-15/h5,11-12H,6-9H2,1-4H3/t11-,12+,14+,15+/m1/s1. The fourth-order valence-corrected chi connectivity index (χ4v) is 5.34. The molecule has 104 valence electrons. The van der Waals surface area contributed by atoms with Crippen LogP contribution in [0.4, 0.5) is 0 Å². The van der Waals surface area contributed by atoms with Crippen molar-refractivity contribution in [1.82, 2.24) is 0 Å². The zero-order valence-electron chi connectivity index (χ0n) is 11.7. The van der Waals surface area contributed by atoms with E-state index in [2.05, 4.69) is 65.6 Å². The SMILES string of the molecule is CC1=CC[C@@H](Br)C(C)(C)[C@]12CC[C@](C)(Cl)[C@@H](Br)C2. The number of hydrogen-bond donors (Lipinski definition) is 0. The van der Waals surface area contributed by atoms with Gasteiger partial charge in [-0.3, -0.25) is 0 Å². The van der Waals surface area contributed by atoms with Crippen LogP contribution in [-0.4, -0.2) is 14.5 Å². The van der Waals surface area contributed by atoms with Gasteiger partial charge < -0.3 is 0 Å². The topological polar surface area (TPSA) is 0 Å². The Hall–Kier alpha value is 0.990. The number of rotatable bonds is 0. The monoisotopic (exact) mass is 396 g/mol. The van der Waals surface area contributed by atoms with Gasteiger partial charge in [0.25, 0.3) is 0 Å². The van der Waals surface area contributed by atoms with E-state index in [1.807, 2.05) is 0 Å². The van der Waals surface area contributed by atoms with Gasteiger partial charge in [0.05, 0.1) is 4.87 Å². The van der Waals surface area contributed by atoms with E-state index in [0.29, 0.717) is 15.1 Å². The fourth-order valence-electron chi connectivity index (χ4n) is 3.76. The normalized spacial score (nSPS) is 48.1. The molecule has 0 unspecified atom stereocenters. The summed E-state index contributed by atoms with van der Waals surface area (Å²) in [5.74, 6) is 0. The van der Waals surface area contributed by atoms with Gasteiger partial charge in [0.1, 0.15) is 0 Å². The maximum atomic E-state index is 6.62. The molecule has 2 aliphatic carbocycles. The van der Waals surface area contributed by atoms with Crippen LogP contribution < -0.4 is 0 Å². The molecule has 0 amide bonds. The molecule has 2 rings (SSSR count). The predicted molar refractivity (Wildman–Crippen MR) is 88.1 cm³/mol. The lowest BCUT2D eigenvalue weighted by atomic mass is 9.51. The molecule has 0 aliphatic heterocycles. The molecule has 0 bridgehead atoms. The molecule has 4 atom stereocenters. The third-order valence-electron chi connectivity index (χ3n) is 5.62. The largest absolute Gasteiger partial charge is 0.118 e. The summed E-state index contributed by atoms with van der Waals surface area (Å²) < 4.78 is 0. The van der Waals surface area contributed by atoms with Crippen molar-refractivity contribution in [2.24, 2.45) is 10.8 Å². The van der Waals surface area contributed by atoms with Crippen molar-refractivity contribution in [1.29, 1.82) is 0 Å². The van der Waals surface area contributed by atoms with E-state index in [0.717, 1.165) is 19.3 Å². The van der Waals surface area contributed by atoms with Gasteiger partial charge in [-0.05, 0) is 50.4 Å². The van der Waals surface area contributed by atoms with E-state index in [1.54, 1.807) is 5.57 Å². The van der Waals surface area contributed by atoms with E-state index in [4.69, 9.17) is 11.6 Å². The summed E-state index contributed by atoms with van der Waals surface area (Å²) in [7, 11) is 0. The van der Waals surface area contributed by atoms with Crippen LogP contribution in [0.2, 0.25) is 0 Å². The molecular weight excluding hydrogens is 375 g/mol. The maximum Gasteiger partial charge on any atom is 0.0544 e. The number of allylic oxidation sites excluding steroid dienone is 2. The van der Waals surface area contributed by atoms with Gasteiger partial charge in [0.2, 0.25) is 0 Å². The van der Waals surface area contributed by atoms with Crippen molar-refractivity contribution in [3.63, 3.8) is 0 Å². The summed E-state index contributed by atoms with van der Waals surface area (Å²) in [6.45, 7) is 9.32. The van der Waals surface area contributed by atoms with Crippen molar-refractivity contribution in [2.45, 2.75) is 67.9 Å². The molecule has 2 aliphatic rings. The Kier molecular flexibility index (Phi) is 4.08. The number of halogens is 3. The molecule has 1 spiro atoms. The lowest BCUT2D eigenvalue weighted by molar-refractivity contribution is 0.0482. The number of hydrogen-bond acceptors (Lipinski definition) is 0. The molecule has 1 saturated carbocycles. The van der Waals surface area contributed by atoms with Gasteiger partial charge in [-0.2, -0.15) is 0 Å². The minimum atomic E-state index is -0.0964. The second kappa shape index (κ2) is 4.77. The first-order valence-corrected chi connectivity index (χ1v) is 8.99. The Balaban J connectivity index is 2.41. The number of alkyl halides is 3. The summed E-state index contributed by atoms with van der Waals surface area (Å²) in [6.07, 6.45) is 7.00. The highest BCUT2D eigenvalue weighted by atomic mass is 79.9. The average molecular weight is 399 g/mol. The second-order valence-electron chi connectivity index (χ2n) is 6.84. The highest BCUT2D eigenvalue weighted by molar-refractivity contribution is 9.09. The van der Waals surface area contributed by atoms with Crippen LogP contribution in [0, 0.1) is 10.8 Å². The van der Waals surface area contributed by atoms with Crippen molar-refractivity contribution in [3.05, 3.63) is 11.6 Å². The van der Waals surface area contributed by atoms with E-state index in [-0.39, 0.29) is 10.3 Å². The first kappa shape index (κ1) is 15.4. The summed E-state index contributed by atoms with van der Waals surface area (Å²) in [6, 6.07) is 0. The first-order chi connectivity index (χ1) is 8.13. The van der Waals surface area contributed by atoms with Crippen molar-refractivity contribution in [2.75, 3.05) is 0 Å². The molecular formula is C15H23Br2Cl. The van der Waals surface area contributed by atoms with Gasteiger partial charge in [0.15, 0.2) is 0 Å². The van der Waals surface area contributed by atoms with Gasteiger partial charge >= 0.3 is 0 Å². The Morgan fingerprint density at radius 1 is 1.17 bits per heavy atom. The molecule has 18 heavy (non-hydrogen) atoms. The van der Waals surface area contributed by atoms with Crippen LogP contribution >= 0.6 is 43.5 Å². The minimum absolute atomic E-state index is 0.0964. The quantitative estimate of drug-likeness (QED) is 0.344. The predicted octanol–water partition coefficient (Wildman–Crippen LogP) is 6.06. The first-order valence-electron chi connectivity index (χ1n) is 6.78. The van der Waals surface area contributed by atoms with Gasteiger partial charge in [-0.15, -0.1) is 11.6 Å². The zero-order chi connectivity index (χ0) is 13.8. The Morgan fingerprint density at radius 2 is 1.78 bits per heavy atom. The molecule has 1 fully saturated rings. The van der Waals surface area contributed by atoms with Crippen LogP contribution in [-0.2, 0) is 0 Å². The molecule has 0 aromatic rings.